The number of likely N-dealkylation sites (N-methyl/N-ethyl adjacent to an activating group) is 1. The molecule has 2 rings (SSSR count). The van der Waals surface area contributed by atoms with E-state index in [1.54, 1.807) is 54.4 Å². The molecule has 0 aromatic heterocycles. The topological polar surface area (TPSA) is 61.4 Å². The highest BCUT2D eigenvalue weighted by atomic mass is 35.5. The lowest BCUT2D eigenvalue weighted by Crippen LogP contribution is -2.36. The maximum Gasteiger partial charge on any atom is 0.238 e. The summed E-state index contributed by atoms with van der Waals surface area (Å²) in [6.07, 6.45) is 5.33. The van der Waals surface area contributed by atoms with Gasteiger partial charge in [-0.25, -0.2) is 0 Å². The van der Waals surface area contributed by atoms with Crippen molar-refractivity contribution in [3.63, 3.8) is 0 Å². The van der Waals surface area contributed by atoms with E-state index >= 15 is 0 Å². The van der Waals surface area contributed by atoms with Gasteiger partial charge in [-0.05, 0) is 43.4 Å². The van der Waals surface area contributed by atoms with E-state index in [0.717, 1.165) is 0 Å². The first-order chi connectivity index (χ1) is 12.4. The molecule has 0 bridgehead atoms. The van der Waals surface area contributed by atoms with Gasteiger partial charge in [0.25, 0.3) is 0 Å². The molecule has 0 heterocycles. The zero-order valence-corrected chi connectivity index (χ0v) is 15.6. The van der Waals surface area contributed by atoms with Crippen LogP contribution < -0.4 is 10.6 Å². The van der Waals surface area contributed by atoms with Crippen LogP contribution in [0, 0.1) is 12.3 Å². The van der Waals surface area contributed by atoms with Crippen LogP contribution in [0.2, 0.25) is 10.0 Å². The molecule has 2 aromatic rings. The number of hydrogen-bond acceptors (Lipinski definition) is 3. The lowest BCUT2D eigenvalue weighted by Gasteiger charge is -2.16. The van der Waals surface area contributed by atoms with Crippen LogP contribution in [0.4, 0.5) is 11.4 Å². The molecule has 0 aliphatic heterocycles. The molecule has 0 spiro atoms. The Kier molecular flexibility index (Phi) is 7.05. The summed E-state index contributed by atoms with van der Waals surface area (Å²) in [5.41, 5.74) is 1.82. The molecule has 2 amide bonds. The van der Waals surface area contributed by atoms with Crippen LogP contribution in [0.25, 0.3) is 0 Å². The van der Waals surface area contributed by atoms with E-state index in [9.17, 15) is 9.59 Å². The first-order valence-electron chi connectivity index (χ1n) is 7.67. The number of rotatable bonds is 6. The molecule has 2 N–H and O–H groups in total. The minimum atomic E-state index is -0.270. The van der Waals surface area contributed by atoms with Gasteiger partial charge in [0.15, 0.2) is 0 Å². The molecule has 0 fully saturated rings. The summed E-state index contributed by atoms with van der Waals surface area (Å²) in [4.78, 5) is 25.7. The van der Waals surface area contributed by atoms with Gasteiger partial charge >= 0.3 is 0 Å². The number of terminal acetylenes is 1. The zero-order chi connectivity index (χ0) is 19.1. The fourth-order valence-electron chi connectivity index (χ4n) is 2.21. The van der Waals surface area contributed by atoms with Crippen molar-refractivity contribution in [3.05, 3.63) is 58.1 Å². The summed E-state index contributed by atoms with van der Waals surface area (Å²) in [7, 11) is 1.67. The standard InChI is InChI=1S/C19H17Cl2N3O2/c1-3-13-5-4-6-14(9-13)22-18(25)11-24(2)12-19(26)23-15-7-8-16(20)17(21)10-15/h1,4-10H,11-12H2,2H3,(H,22,25)(H,23,26). The molecule has 7 heteroatoms. The molecule has 0 aliphatic carbocycles. The third-order valence-corrected chi connectivity index (χ3v) is 4.08. The van der Waals surface area contributed by atoms with E-state index < -0.39 is 0 Å². The number of nitrogens with zero attached hydrogens (tertiary/aromatic N) is 1. The SMILES string of the molecule is C#Cc1cccc(NC(=O)CN(C)CC(=O)Nc2ccc(Cl)c(Cl)c2)c1. The molecule has 0 unspecified atom stereocenters. The zero-order valence-electron chi connectivity index (χ0n) is 14.1. The van der Waals surface area contributed by atoms with Gasteiger partial charge in [0.05, 0.1) is 23.1 Å². The van der Waals surface area contributed by atoms with Crippen LogP contribution in [-0.4, -0.2) is 36.9 Å². The summed E-state index contributed by atoms with van der Waals surface area (Å²) in [5.74, 6) is 1.99. The van der Waals surface area contributed by atoms with Gasteiger partial charge in [0.2, 0.25) is 11.8 Å². The van der Waals surface area contributed by atoms with Crippen LogP contribution in [0.5, 0.6) is 0 Å². The maximum absolute atomic E-state index is 12.1. The number of anilines is 2. The van der Waals surface area contributed by atoms with Crippen molar-refractivity contribution < 1.29 is 9.59 Å². The molecule has 5 nitrogen and oxygen atoms in total. The smallest absolute Gasteiger partial charge is 0.238 e. The van der Waals surface area contributed by atoms with E-state index in [2.05, 4.69) is 16.6 Å². The van der Waals surface area contributed by atoms with Gasteiger partial charge in [-0.1, -0.05) is 35.2 Å². The molecule has 0 radical (unpaired) electrons. The van der Waals surface area contributed by atoms with Crippen molar-refractivity contribution in [1.29, 1.82) is 0 Å². The second-order valence-corrected chi connectivity index (χ2v) is 6.44. The number of halogens is 2. The van der Waals surface area contributed by atoms with Crippen LogP contribution in [0.15, 0.2) is 42.5 Å². The minimum Gasteiger partial charge on any atom is -0.325 e. The van der Waals surface area contributed by atoms with Crippen LogP contribution >= 0.6 is 23.2 Å². The van der Waals surface area contributed by atoms with Crippen molar-refractivity contribution >= 4 is 46.4 Å². The minimum absolute atomic E-state index is 0.0397. The van der Waals surface area contributed by atoms with E-state index in [1.165, 1.54) is 0 Å². The Hall–Kier alpha value is -2.52. The number of hydrogen-bond donors (Lipinski definition) is 2. The average Bonchev–Trinajstić information content (AvgIpc) is 2.57. The first kappa shape index (κ1) is 19.8. The second kappa shape index (κ2) is 9.25. The third kappa shape index (κ3) is 6.08. The predicted octanol–water partition coefficient (Wildman–Crippen LogP) is 3.48. The lowest BCUT2D eigenvalue weighted by atomic mass is 10.2. The molecule has 0 saturated carbocycles. The van der Waals surface area contributed by atoms with Gasteiger partial charge in [-0.15, -0.1) is 6.42 Å². The van der Waals surface area contributed by atoms with E-state index in [-0.39, 0.29) is 24.9 Å². The summed E-state index contributed by atoms with van der Waals surface area (Å²) in [6.45, 7) is 0.0904. The summed E-state index contributed by atoms with van der Waals surface area (Å²) in [6, 6.07) is 11.8. The van der Waals surface area contributed by atoms with Gasteiger partial charge in [0, 0.05) is 16.9 Å². The number of amides is 2. The van der Waals surface area contributed by atoms with E-state index in [0.29, 0.717) is 27.0 Å². The Morgan fingerprint density at radius 2 is 1.62 bits per heavy atom. The van der Waals surface area contributed by atoms with Gasteiger partial charge < -0.3 is 10.6 Å². The van der Waals surface area contributed by atoms with Crippen LogP contribution in [-0.2, 0) is 9.59 Å². The number of benzene rings is 2. The monoisotopic (exact) mass is 389 g/mol. The molecule has 26 heavy (non-hydrogen) atoms. The normalized spacial score (nSPS) is 10.3. The largest absolute Gasteiger partial charge is 0.325 e. The predicted molar refractivity (Wildman–Crippen MR) is 106 cm³/mol. The van der Waals surface area contributed by atoms with Crippen LogP contribution in [0.3, 0.4) is 0 Å². The summed E-state index contributed by atoms with van der Waals surface area (Å²) >= 11 is 11.7. The molecule has 0 aliphatic rings. The van der Waals surface area contributed by atoms with Gasteiger partial charge in [-0.3, -0.25) is 14.5 Å². The molecule has 2 aromatic carbocycles. The molecular formula is C19H17Cl2N3O2. The number of carbonyl (C=O) groups excluding carboxylic acids is 2. The van der Waals surface area contributed by atoms with Crippen molar-refractivity contribution in [1.82, 2.24) is 4.90 Å². The molecular weight excluding hydrogens is 373 g/mol. The Labute approximate surface area is 162 Å². The van der Waals surface area contributed by atoms with Gasteiger partial charge in [0.1, 0.15) is 0 Å². The van der Waals surface area contributed by atoms with Crippen molar-refractivity contribution in [2.24, 2.45) is 0 Å². The Balaban J connectivity index is 1.84. The highest BCUT2D eigenvalue weighted by Gasteiger charge is 2.12. The average molecular weight is 390 g/mol. The van der Waals surface area contributed by atoms with E-state index in [1.807, 2.05) is 0 Å². The lowest BCUT2D eigenvalue weighted by molar-refractivity contribution is -0.119. The van der Waals surface area contributed by atoms with E-state index in [4.69, 9.17) is 29.6 Å². The number of carbonyl (C=O) groups is 2. The molecule has 134 valence electrons. The Morgan fingerprint density at radius 3 is 2.19 bits per heavy atom. The number of nitrogens with one attached hydrogen (secondary N) is 2. The summed E-state index contributed by atoms with van der Waals surface area (Å²) < 4.78 is 0. The van der Waals surface area contributed by atoms with Crippen LogP contribution in [0.1, 0.15) is 5.56 Å². The van der Waals surface area contributed by atoms with Gasteiger partial charge in [-0.2, -0.15) is 0 Å². The first-order valence-corrected chi connectivity index (χ1v) is 8.43. The molecule has 0 atom stereocenters. The second-order valence-electron chi connectivity index (χ2n) is 5.62. The fraction of sp³-hybridized carbons (Fsp3) is 0.158. The van der Waals surface area contributed by atoms with Crippen molar-refractivity contribution in [3.8, 4) is 12.3 Å². The highest BCUT2D eigenvalue weighted by molar-refractivity contribution is 6.42. The fourth-order valence-corrected chi connectivity index (χ4v) is 2.51. The Bertz CT molecular complexity index is 862. The van der Waals surface area contributed by atoms with Crippen molar-refractivity contribution in [2.45, 2.75) is 0 Å². The Morgan fingerprint density at radius 1 is 1.00 bits per heavy atom. The molecule has 0 saturated heterocycles. The maximum atomic E-state index is 12.1. The quantitative estimate of drug-likeness (QED) is 0.743. The van der Waals surface area contributed by atoms with Crippen molar-refractivity contribution in [2.75, 3.05) is 30.8 Å². The summed E-state index contributed by atoms with van der Waals surface area (Å²) in [5, 5.41) is 6.21. The third-order valence-electron chi connectivity index (χ3n) is 3.34. The highest BCUT2D eigenvalue weighted by Crippen LogP contribution is 2.24.